The van der Waals surface area contributed by atoms with E-state index in [1.165, 1.54) is 12.1 Å². The molecule has 0 unspecified atom stereocenters. The van der Waals surface area contributed by atoms with Gasteiger partial charge in [-0.25, -0.2) is 9.37 Å². The maximum absolute atomic E-state index is 15.5. The van der Waals surface area contributed by atoms with Crippen molar-refractivity contribution in [3.05, 3.63) is 77.5 Å². The molecule has 0 bridgehead atoms. The highest BCUT2D eigenvalue weighted by molar-refractivity contribution is 6.07. The molecule has 2 saturated heterocycles. The van der Waals surface area contributed by atoms with Gasteiger partial charge in [-0.3, -0.25) is 9.69 Å². The van der Waals surface area contributed by atoms with Crippen LogP contribution < -0.4 is 26.2 Å². The van der Waals surface area contributed by atoms with Gasteiger partial charge in [0.15, 0.2) is 0 Å². The fraction of sp³-hybridized carbons (Fsp3) is 0.421. The third-order valence-electron chi connectivity index (χ3n) is 10.3. The molecule has 0 spiro atoms. The number of aromatic nitrogens is 2. The van der Waals surface area contributed by atoms with Crippen molar-refractivity contribution < 1.29 is 19.0 Å². The molecule has 0 radical (unpaired) electrons. The number of nitrogens with zero attached hydrogens (tertiary/aromatic N) is 5. The van der Waals surface area contributed by atoms with Gasteiger partial charge in [-0.2, -0.15) is 0 Å². The molecule has 7 rings (SSSR count). The van der Waals surface area contributed by atoms with Crippen molar-refractivity contribution in [2.24, 2.45) is 0 Å². The Balaban J connectivity index is 1.14. The van der Waals surface area contributed by atoms with Crippen LogP contribution in [0, 0.1) is 5.82 Å². The Morgan fingerprint density at radius 1 is 1.02 bits per heavy atom. The fourth-order valence-electron chi connectivity index (χ4n) is 7.30. The van der Waals surface area contributed by atoms with Crippen LogP contribution in [0.2, 0.25) is 0 Å². The van der Waals surface area contributed by atoms with Crippen LogP contribution in [0.4, 0.5) is 38.6 Å². The van der Waals surface area contributed by atoms with E-state index in [1.54, 1.807) is 11.9 Å². The first kappa shape index (κ1) is 33.8. The highest BCUT2D eigenvalue weighted by Crippen LogP contribution is 2.40. The smallest absolute Gasteiger partial charge is 0.274 e. The van der Waals surface area contributed by atoms with Crippen LogP contribution in [0.5, 0.6) is 0 Å². The second-order valence-corrected chi connectivity index (χ2v) is 13.4. The van der Waals surface area contributed by atoms with Crippen LogP contribution in [0.1, 0.15) is 47.8 Å². The molecular weight excluding hydrogens is 635 g/mol. The summed E-state index contributed by atoms with van der Waals surface area (Å²) < 4.78 is 22.8. The monoisotopic (exact) mass is 682 g/mol. The number of carbonyl (C=O) groups is 1. The maximum Gasteiger partial charge on any atom is 0.274 e. The summed E-state index contributed by atoms with van der Waals surface area (Å²) in [7, 11) is 1.77. The molecule has 50 heavy (non-hydrogen) atoms. The zero-order chi connectivity index (χ0) is 34.8. The molecule has 1 amide bonds. The van der Waals surface area contributed by atoms with Crippen LogP contribution in [0.15, 0.2) is 54.9 Å². The number of aliphatic hydroxyl groups is 1. The third kappa shape index (κ3) is 6.75. The number of hydrogen-bond acceptors (Lipinski definition) is 9. The minimum absolute atomic E-state index is 0.204. The van der Waals surface area contributed by atoms with E-state index in [9.17, 15) is 9.90 Å². The molecule has 11 nitrogen and oxygen atoms in total. The van der Waals surface area contributed by atoms with Gasteiger partial charge in [-0.05, 0) is 72.0 Å². The molecular formula is C38H47FN8O3. The van der Waals surface area contributed by atoms with E-state index in [2.05, 4.69) is 39.6 Å². The van der Waals surface area contributed by atoms with Gasteiger partial charge in [0.25, 0.3) is 5.91 Å². The van der Waals surface area contributed by atoms with Crippen LogP contribution in [0.3, 0.4) is 0 Å². The average molecular weight is 683 g/mol. The van der Waals surface area contributed by atoms with Crippen LogP contribution in [0.25, 0.3) is 11.1 Å². The zero-order valence-electron chi connectivity index (χ0n) is 28.9. The Kier molecular flexibility index (Phi) is 9.93. The first-order valence-corrected chi connectivity index (χ1v) is 17.7. The molecule has 5 heterocycles. The van der Waals surface area contributed by atoms with E-state index in [1.807, 2.05) is 35.0 Å². The standard InChI is InChI=1S/C38H47FN8O3/c1-3-4-5-6-25-15-35-38(49)47(14-13-46(35)21-25)34-19-27(39)18-30(31(34)22-48)26-16-32(41-2)37(40)33(17-26)43-36-8-7-28(20-42-36)44-9-11-45(12-10-44)29-23-50-24-29/h7-8,15-21,29,41,48H,3-6,9-14,22-24,40H2,1-2H3,(H,42,43). The molecule has 12 heteroatoms. The number of aliphatic hydroxyl groups excluding tert-OH is 1. The van der Waals surface area contributed by atoms with E-state index < -0.39 is 5.82 Å². The number of fused-ring (bicyclic) bond motifs is 1. The maximum atomic E-state index is 15.5. The molecule has 2 aromatic carbocycles. The Bertz CT molecular complexity index is 1830. The number of carbonyl (C=O) groups excluding carboxylic acids is 1. The molecule has 4 aromatic rings. The lowest BCUT2D eigenvalue weighted by Crippen LogP contribution is -2.56. The normalized spacial score (nSPS) is 16.8. The SMILES string of the molecule is CCCCCc1cc2n(c1)CCN(c1cc(F)cc(-c3cc(NC)c(N)c(Nc4ccc(N5CCN(C6COC6)CC5)cn4)c3)c1CO)C2=O. The first-order chi connectivity index (χ1) is 24.4. The minimum Gasteiger partial charge on any atom is -0.395 e. The van der Waals surface area contributed by atoms with Crippen molar-refractivity contribution >= 4 is 40.2 Å². The molecule has 264 valence electrons. The molecule has 2 aromatic heterocycles. The summed E-state index contributed by atoms with van der Waals surface area (Å²) in [6.07, 6.45) is 8.19. The van der Waals surface area contributed by atoms with E-state index in [0.717, 1.165) is 76.3 Å². The number of nitrogens with two attached hydrogens (primary N) is 1. The Morgan fingerprint density at radius 3 is 2.50 bits per heavy atom. The average Bonchev–Trinajstić information content (AvgIpc) is 3.53. The number of nitrogen functional groups attached to an aromatic ring is 1. The second kappa shape index (κ2) is 14.7. The summed E-state index contributed by atoms with van der Waals surface area (Å²) in [5, 5.41) is 17.2. The Morgan fingerprint density at radius 2 is 1.82 bits per heavy atom. The summed E-state index contributed by atoms with van der Waals surface area (Å²) in [4.78, 5) is 24.9. The molecule has 3 aliphatic rings. The molecule has 3 aliphatic heterocycles. The van der Waals surface area contributed by atoms with E-state index in [0.29, 0.717) is 70.1 Å². The molecule has 0 atom stereocenters. The Hall–Kier alpha value is -4.65. The first-order valence-electron chi connectivity index (χ1n) is 17.7. The predicted octanol–water partition coefficient (Wildman–Crippen LogP) is 5.46. The quantitative estimate of drug-likeness (QED) is 0.114. The summed E-state index contributed by atoms with van der Waals surface area (Å²) in [5.41, 5.74) is 13.0. The topological polar surface area (TPSA) is 124 Å². The van der Waals surface area contributed by atoms with Crippen LogP contribution in [-0.4, -0.2) is 84.5 Å². The molecule has 5 N–H and O–H groups in total. The fourth-order valence-corrected chi connectivity index (χ4v) is 7.30. The minimum atomic E-state index is -0.502. The predicted molar refractivity (Wildman–Crippen MR) is 197 cm³/mol. The third-order valence-corrected chi connectivity index (χ3v) is 10.3. The number of rotatable bonds is 12. The number of anilines is 6. The van der Waals surface area contributed by atoms with Gasteiger partial charge < -0.3 is 40.6 Å². The highest BCUT2D eigenvalue weighted by Gasteiger charge is 2.31. The van der Waals surface area contributed by atoms with Gasteiger partial charge in [-0.1, -0.05) is 19.8 Å². The van der Waals surface area contributed by atoms with Crippen LogP contribution in [-0.2, 0) is 24.3 Å². The Labute approximate surface area is 292 Å². The lowest BCUT2D eigenvalue weighted by molar-refractivity contribution is -0.0660. The number of amides is 1. The highest BCUT2D eigenvalue weighted by atomic mass is 19.1. The largest absolute Gasteiger partial charge is 0.395 e. The van der Waals surface area contributed by atoms with E-state index in [-0.39, 0.29) is 12.5 Å². The zero-order valence-corrected chi connectivity index (χ0v) is 28.9. The number of benzene rings is 2. The van der Waals surface area contributed by atoms with Crippen molar-refractivity contribution in [1.29, 1.82) is 0 Å². The van der Waals surface area contributed by atoms with Crippen LogP contribution >= 0.6 is 0 Å². The van der Waals surface area contributed by atoms with Crippen molar-refractivity contribution in [2.45, 2.75) is 51.8 Å². The summed E-state index contributed by atoms with van der Waals surface area (Å²) in [6, 6.07) is 12.9. The summed E-state index contributed by atoms with van der Waals surface area (Å²) >= 11 is 0. The van der Waals surface area contributed by atoms with E-state index >= 15 is 4.39 Å². The second-order valence-electron chi connectivity index (χ2n) is 13.4. The summed E-state index contributed by atoms with van der Waals surface area (Å²) in [5.74, 6) is -0.0926. The number of nitrogens with one attached hydrogen (secondary N) is 2. The van der Waals surface area contributed by atoms with Crippen molar-refractivity contribution in [2.75, 3.05) is 79.2 Å². The van der Waals surface area contributed by atoms with E-state index in [4.69, 9.17) is 15.5 Å². The van der Waals surface area contributed by atoms with Gasteiger partial charge in [0.05, 0.1) is 60.5 Å². The number of aryl methyl sites for hydroxylation is 1. The molecule has 2 fully saturated rings. The number of halogens is 1. The summed E-state index contributed by atoms with van der Waals surface area (Å²) in [6.45, 7) is 8.28. The number of pyridine rings is 1. The van der Waals surface area contributed by atoms with Gasteiger partial charge in [0.1, 0.15) is 17.3 Å². The van der Waals surface area contributed by atoms with Gasteiger partial charge in [0, 0.05) is 58.1 Å². The number of piperazine rings is 1. The van der Waals surface area contributed by atoms with Crippen molar-refractivity contribution in [3.8, 4) is 11.1 Å². The van der Waals surface area contributed by atoms with Gasteiger partial charge in [-0.15, -0.1) is 0 Å². The lowest BCUT2D eigenvalue weighted by Gasteiger charge is -2.43. The number of unbranched alkanes of at least 4 members (excludes halogenated alkanes) is 2. The molecule has 0 aliphatic carbocycles. The van der Waals surface area contributed by atoms with Gasteiger partial charge in [0.2, 0.25) is 0 Å². The molecule has 0 saturated carbocycles. The lowest BCUT2D eigenvalue weighted by atomic mass is 9.95. The number of ether oxygens (including phenoxy) is 1. The number of hydrogen-bond donors (Lipinski definition) is 4. The van der Waals surface area contributed by atoms with Crippen molar-refractivity contribution in [3.63, 3.8) is 0 Å². The van der Waals surface area contributed by atoms with Crippen molar-refractivity contribution in [1.82, 2.24) is 14.5 Å². The van der Waals surface area contributed by atoms with Gasteiger partial charge >= 0.3 is 0 Å².